The predicted molar refractivity (Wildman–Crippen MR) is 107 cm³/mol. The molecule has 0 radical (unpaired) electrons. The van der Waals surface area contributed by atoms with Crippen molar-refractivity contribution >= 4 is 5.91 Å². The number of piperidine rings is 1. The summed E-state index contributed by atoms with van der Waals surface area (Å²) in [4.78, 5) is 19.0. The molecule has 0 bridgehead atoms. The van der Waals surface area contributed by atoms with Crippen LogP contribution in [0, 0.1) is 5.92 Å². The molecule has 0 aromatic heterocycles. The van der Waals surface area contributed by atoms with Gasteiger partial charge in [0.1, 0.15) is 0 Å². The zero-order valence-corrected chi connectivity index (χ0v) is 16.9. The van der Waals surface area contributed by atoms with Crippen LogP contribution >= 0.6 is 0 Å². The van der Waals surface area contributed by atoms with Crippen molar-refractivity contribution < 1.29 is 4.79 Å². The fraction of sp³-hybridized carbons (Fsp3) is 0.682. The summed E-state index contributed by atoms with van der Waals surface area (Å²) in [6.45, 7) is 15.0. The van der Waals surface area contributed by atoms with Crippen molar-refractivity contribution in [3.8, 4) is 0 Å². The molecule has 0 N–H and O–H groups in total. The largest absolute Gasteiger partial charge is 0.343 e. The standard InChI is InChI=1S/C22H35N3O/c1-18(26)23-12-10-20(11-13-23)21(19-8-6-5-7-9-19)24-14-16-25(17-15-24)22(2,3)4/h5-9,20-21H,10-17H2,1-4H3. The number of nitrogens with zero attached hydrogens (tertiary/aromatic N) is 3. The van der Waals surface area contributed by atoms with Gasteiger partial charge in [0.25, 0.3) is 0 Å². The number of carbonyl (C=O) groups excluding carboxylic acids is 1. The maximum absolute atomic E-state index is 11.7. The van der Waals surface area contributed by atoms with Gasteiger partial charge in [-0.3, -0.25) is 14.6 Å². The van der Waals surface area contributed by atoms with Gasteiger partial charge in [-0.15, -0.1) is 0 Å². The fourth-order valence-electron chi connectivity index (χ4n) is 4.63. The number of amides is 1. The van der Waals surface area contributed by atoms with Crippen molar-refractivity contribution in [2.75, 3.05) is 39.3 Å². The Morgan fingerprint density at radius 3 is 2.04 bits per heavy atom. The number of hydrogen-bond acceptors (Lipinski definition) is 3. The number of hydrogen-bond donors (Lipinski definition) is 0. The lowest BCUT2D eigenvalue weighted by Crippen LogP contribution is -2.55. The Morgan fingerprint density at radius 1 is 0.962 bits per heavy atom. The van der Waals surface area contributed by atoms with Crippen molar-refractivity contribution in [1.29, 1.82) is 0 Å². The average Bonchev–Trinajstić information content (AvgIpc) is 2.63. The minimum Gasteiger partial charge on any atom is -0.343 e. The Morgan fingerprint density at radius 2 is 1.54 bits per heavy atom. The second-order valence-corrected chi connectivity index (χ2v) is 8.89. The minimum absolute atomic E-state index is 0.221. The molecule has 0 saturated carbocycles. The molecule has 1 aromatic rings. The lowest BCUT2D eigenvalue weighted by atomic mass is 9.84. The minimum atomic E-state index is 0.221. The van der Waals surface area contributed by atoms with Gasteiger partial charge in [0, 0.05) is 57.8 Å². The van der Waals surface area contributed by atoms with Gasteiger partial charge in [-0.05, 0) is 45.1 Å². The lowest BCUT2D eigenvalue weighted by molar-refractivity contribution is -0.130. The zero-order chi connectivity index (χ0) is 18.7. The third kappa shape index (κ3) is 4.47. The van der Waals surface area contributed by atoms with Gasteiger partial charge in [-0.2, -0.15) is 0 Å². The maximum atomic E-state index is 11.7. The fourth-order valence-corrected chi connectivity index (χ4v) is 4.63. The summed E-state index contributed by atoms with van der Waals surface area (Å²) < 4.78 is 0. The van der Waals surface area contributed by atoms with Crippen molar-refractivity contribution in [3.63, 3.8) is 0 Å². The number of rotatable bonds is 3. The maximum Gasteiger partial charge on any atom is 0.219 e. The topological polar surface area (TPSA) is 26.8 Å². The van der Waals surface area contributed by atoms with Gasteiger partial charge in [0.15, 0.2) is 0 Å². The van der Waals surface area contributed by atoms with Gasteiger partial charge in [-0.1, -0.05) is 30.3 Å². The van der Waals surface area contributed by atoms with Gasteiger partial charge < -0.3 is 4.90 Å². The van der Waals surface area contributed by atoms with Crippen LogP contribution in [0.5, 0.6) is 0 Å². The molecule has 1 atom stereocenters. The van der Waals surface area contributed by atoms with Crippen LogP contribution in [0.15, 0.2) is 30.3 Å². The summed E-state index contributed by atoms with van der Waals surface area (Å²) in [5, 5.41) is 0. The molecule has 144 valence electrons. The summed E-state index contributed by atoms with van der Waals surface area (Å²) in [6.07, 6.45) is 2.22. The molecule has 4 nitrogen and oxygen atoms in total. The van der Waals surface area contributed by atoms with Crippen molar-refractivity contribution in [3.05, 3.63) is 35.9 Å². The Labute approximate surface area is 159 Å². The van der Waals surface area contributed by atoms with Crippen LogP contribution in [0.1, 0.15) is 52.1 Å². The number of carbonyl (C=O) groups is 1. The summed E-state index contributed by atoms with van der Waals surface area (Å²) in [6, 6.07) is 11.5. The van der Waals surface area contributed by atoms with Gasteiger partial charge >= 0.3 is 0 Å². The molecular formula is C22H35N3O. The van der Waals surface area contributed by atoms with E-state index < -0.39 is 0 Å². The van der Waals surface area contributed by atoms with Crippen molar-refractivity contribution in [1.82, 2.24) is 14.7 Å². The molecule has 2 aliphatic rings. The van der Waals surface area contributed by atoms with Crippen LogP contribution in [-0.4, -0.2) is 65.4 Å². The van der Waals surface area contributed by atoms with E-state index in [1.165, 1.54) is 5.56 Å². The zero-order valence-electron chi connectivity index (χ0n) is 16.9. The van der Waals surface area contributed by atoms with Crippen LogP contribution in [0.3, 0.4) is 0 Å². The van der Waals surface area contributed by atoms with Gasteiger partial charge in [-0.25, -0.2) is 0 Å². The first-order valence-corrected chi connectivity index (χ1v) is 10.2. The van der Waals surface area contributed by atoms with E-state index in [0.717, 1.165) is 52.1 Å². The van der Waals surface area contributed by atoms with E-state index in [-0.39, 0.29) is 11.4 Å². The Balaban J connectivity index is 1.73. The molecule has 1 unspecified atom stereocenters. The van der Waals surface area contributed by atoms with Crippen LogP contribution in [0.25, 0.3) is 0 Å². The molecule has 2 aliphatic heterocycles. The van der Waals surface area contributed by atoms with E-state index in [9.17, 15) is 4.79 Å². The number of likely N-dealkylation sites (tertiary alicyclic amines) is 1. The van der Waals surface area contributed by atoms with E-state index in [1.54, 1.807) is 6.92 Å². The molecule has 2 fully saturated rings. The first kappa shape index (κ1) is 19.4. The molecule has 2 heterocycles. The van der Waals surface area contributed by atoms with E-state index in [1.807, 2.05) is 4.90 Å². The number of piperazine rings is 1. The molecule has 4 heteroatoms. The molecular weight excluding hydrogens is 322 g/mol. The smallest absolute Gasteiger partial charge is 0.219 e. The molecule has 0 aliphatic carbocycles. The highest BCUT2D eigenvalue weighted by molar-refractivity contribution is 5.73. The monoisotopic (exact) mass is 357 g/mol. The lowest BCUT2D eigenvalue weighted by Gasteiger charge is -2.47. The van der Waals surface area contributed by atoms with Crippen LogP contribution in [-0.2, 0) is 4.79 Å². The van der Waals surface area contributed by atoms with E-state index in [0.29, 0.717) is 12.0 Å². The van der Waals surface area contributed by atoms with E-state index in [4.69, 9.17) is 0 Å². The molecule has 2 saturated heterocycles. The second kappa shape index (κ2) is 8.10. The normalized spacial score (nSPS) is 22.4. The van der Waals surface area contributed by atoms with Crippen LogP contribution in [0.4, 0.5) is 0 Å². The summed E-state index contributed by atoms with van der Waals surface area (Å²) in [5.74, 6) is 0.854. The van der Waals surface area contributed by atoms with E-state index >= 15 is 0 Å². The molecule has 1 aromatic carbocycles. The van der Waals surface area contributed by atoms with Crippen LogP contribution in [0.2, 0.25) is 0 Å². The summed E-state index contributed by atoms with van der Waals surface area (Å²) in [7, 11) is 0. The summed E-state index contributed by atoms with van der Waals surface area (Å²) in [5.41, 5.74) is 1.69. The first-order chi connectivity index (χ1) is 12.4. The SMILES string of the molecule is CC(=O)N1CCC(C(c2ccccc2)N2CCN(C(C)(C)C)CC2)CC1. The quantitative estimate of drug-likeness (QED) is 0.829. The third-order valence-electron chi connectivity index (χ3n) is 6.23. The number of benzene rings is 1. The highest BCUT2D eigenvalue weighted by Crippen LogP contribution is 2.36. The molecule has 3 rings (SSSR count). The molecule has 26 heavy (non-hydrogen) atoms. The Bertz CT molecular complexity index is 579. The highest BCUT2D eigenvalue weighted by atomic mass is 16.2. The second-order valence-electron chi connectivity index (χ2n) is 8.89. The molecule has 0 spiro atoms. The average molecular weight is 358 g/mol. The highest BCUT2D eigenvalue weighted by Gasteiger charge is 2.35. The van der Waals surface area contributed by atoms with E-state index in [2.05, 4.69) is 60.9 Å². The molecule has 1 amide bonds. The van der Waals surface area contributed by atoms with Gasteiger partial charge in [0.2, 0.25) is 5.91 Å². The van der Waals surface area contributed by atoms with Gasteiger partial charge in [0.05, 0.1) is 0 Å². The third-order valence-corrected chi connectivity index (χ3v) is 6.23. The predicted octanol–water partition coefficient (Wildman–Crippen LogP) is 3.40. The van der Waals surface area contributed by atoms with Crippen LogP contribution < -0.4 is 0 Å². The Kier molecular flexibility index (Phi) is 6.03. The first-order valence-electron chi connectivity index (χ1n) is 10.2. The van der Waals surface area contributed by atoms with Crippen molar-refractivity contribution in [2.24, 2.45) is 5.92 Å². The van der Waals surface area contributed by atoms with Crippen molar-refractivity contribution in [2.45, 2.75) is 52.1 Å². The Hall–Kier alpha value is -1.39. The summed E-state index contributed by atoms with van der Waals surface area (Å²) >= 11 is 0.